The number of halogens is 7. The van der Waals surface area contributed by atoms with Gasteiger partial charge >= 0.3 is 12.4 Å². The van der Waals surface area contributed by atoms with Gasteiger partial charge in [-0.1, -0.05) is 65.5 Å². The number of benzene rings is 2. The number of rotatable bonds is 7. The summed E-state index contributed by atoms with van der Waals surface area (Å²) in [5, 5.41) is 9.50. The van der Waals surface area contributed by atoms with Crippen molar-refractivity contribution >= 4 is 27.7 Å². The summed E-state index contributed by atoms with van der Waals surface area (Å²) in [5.74, 6) is 2.01. The van der Waals surface area contributed by atoms with Gasteiger partial charge in [-0.05, 0) is 59.1 Å². The predicted octanol–water partition coefficient (Wildman–Crippen LogP) is 5.54. The van der Waals surface area contributed by atoms with Crippen LogP contribution in [0.1, 0.15) is 22.3 Å². The minimum absolute atomic E-state index is 0.0376. The van der Waals surface area contributed by atoms with Crippen LogP contribution in [0.15, 0.2) is 73.8 Å². The Labute approximate surface area is 266 Å². The van der Waals surface area contributed by atoms with E-state index in [4.69, 9.17) is 0 Å². The first-order valence-corrected chi connectivity index (χ1v) is 15.5. The first-order valence-electron chi connectivity index (χ1n) is 14.4. The number of hydrogen-bond donors (Lipinski definition) is 3. The molecule has 2 unspecified atom stereocenters. The molecular formula is C32H35BrF6N4O2. The summed E-state index contributed by atoms with van der Waals surface area (Å²) in [7, 11) is 0. The summed E-state index contributed by atoms with van der Waals surface area (Å²) in [6, 6.07) is 11.3. The fourth-order valence-electron chi connectivity index (χ4n) is 5.97. The van der Waals surface area contributed by atoms with E-state index in [0.717, 1.165) is 44.4 Å². The average Bonchev–Trinajstić information content (AvgIpc) is 3.61. The number of hydrogen-bond acceptors (Lipinski definition) is 4. The van der Waals surface area contributed by atoms with Crippen LogP contribution in [0, 0.1) is 23.7 Å². The van der Waals surface area contributed by atoms with Gasteiger partial charge in [-0.3, -0.25) is 14.5 Å². The van der Waals surface area contributed by atoms with Gasteiger partial charge in [0.05, 0.1) is 11.1 Å². The number of nitrogens with one attached hydrogen (secondary N) is 3. The maximum atomic E-state index is 12.7. The summed E-state index contributed by atoms with van der Waals surface area (Å²) in [6.07, 6.45) is -5.95. The van der Waals surface area contributed by atoms with Crippen molar-refractivity contribution in [3.8, 4) is 0 Å². The lowest BCUT2D eigenvalue weighted by atomic mass is 10.1. The highest BCUT2D eigenvalue weighted by Gasteiger charge is 2.56. The van der Waals surface area contributed by atoms with Crippen molar-refractivity contribution in [1.29, 1.82) is 0 Å². The van der Waals surface area contributed by atoms with Gasteiger partial charge in [0.25, 0.3) is 0 Å². The molecule has 3 N–H and O–H groups in total. The van der Waals surface area contributed by atoms with Gasteiger partial charge in [-0.15, -0.1) is 0 Å². The SMILES string of the molecule is C=CC(=O)NC1[C@H]2CN(Cc3cccc(C(F)(F)F)c3)C[C@@H]12.C=CC(=O)NC1[C@H]2CNC[C@@H]12.FC(F)(F)c1cccc(CBr)c1. The topological polar surface area (TPSA) is 73.5 Å². The quantitative estimate of drug-likeness (QED) is 0.202. The molecule has 45 heavy (non-hydrogen) atoms. The monoisotopic (exact) mass is 700 g/mol. The minimum atomic E-state index is -4.30. The van der Waals surface area contributed by atoms with Crippen LogP contribution in [0.4, 0.5) is 26.3 Å². The number of amides is 2. The Balaban J connectivity index is 0.000000169. The van der Waals surface area contributed by atoms with Gasteiger partial charge in [-0.25, -0.2) is 0 Å². The lowest BCUT2D eigenvalue weighted by Crippen LogP contribution is -2.33. The first kappa shape index (κ1) is 34.7. The van der Waals surface area contributed by atoms with Crippen LogP contribution in [0.2, 0.25) is 0 Å². The number of carbonyl (C=O) groups is 2. The molecule has 0 spiro atoms. The number of piperidine rings is 2. The zero-order valence-corrected chi connectivity index (χ0v) is 25.9. The third kappa shape index (κ3) is 9.43. The molecule has 2 saturated carbocycles. The standard InChI is InChI=1S/C16H17F3N2O.C8H6BrF3.C8H12N2O/c1-2-14(22)20-15-12-8-21(9-13(12)15)7-10-4-3-5-11(6-10)16(17,18)19;9-5-6-2-1-3-7(4-6)8(10,11)12;1-2-7(11)10-8-5-3-9-4-6(5)8/h2-6,12-13,15H,1,7-9H2,(H,20,22);1-4H,5H2;2,5-6,8-9H,1,3-4H2,(H,10,11)/t12-,13+,15?;;5-,6+,8?. The first-order chi connectivity index (χ1) is 21.2. The van der Waals surface area contributed by atoms with Gasteiger partial charge in [0.2, 0.25) is 11.8 Å². The highest BCUT2D eigenvalue weighted by Crippen LogP contribution is 2.46. The van der Waals surface area contributed by atoms with E-state index in [2.05, 4.69) is 49.9 Å². The highest BCUT2D eigenvalue weighted by atomic mass is 79.9. The molecule has 0 aromatic heterocycles. The molecule has 6 nitrogen and oxygen atoms in total. The second-order valence-electron chi connectivity index (χ2n) is 11.5. The van der Waals surface area contributed by atoms with Crippen LogP contribution in [0.5, 0.6) is 0 Å². The van der Waals surface area contributed by atoms with Crippen molar-refractivity contribution in [1.82, 2.24) is 20.9 Å². The third-order valence-corrected chi connectivity index (χ3v) is 9.07. The Kier molecular flexibility index (Phi) is 11.2. The lowest BCUT2D eigenvalue weighted by molar-refractivity contribution is -0.138. The normalized spacial score (nSPS) is 26.1. The largest absolute Gasteiger partial charge is 0.416 e. The van der Waals surface area contributed by atoms with Crippen LogP contribution in [0.25, 0.3) is 0 Å². The van der Waals surface area contributed by atoms with Crippen molar-refractivity contribution in [2.75, 3.05) is 26.2 Å². The summed E-state index contributed by atoms with van der Waals surface area (Å²) in [5.41, 5.74) is 0.0950. The molecule has 2 aromatic rings. The molecule has 2 aliphatic heterocycles. The second kappa shape index (κ2) is 14.5. The van der Waals surface area contributed by atoms with Gasteiger partial charge in [0.1, 0.15) is 0 Å². The smallest absolute Gasteiger partial charge is 0.349 e. The Bertz CT molecular complexity index is 1360. The maximum absolute atomic E-state index is 12.7. The zero-order chi connectivity index (χ0) is 32.9. The molecule has 0 radical (unpaired) electrons. The van der Waals surface area contributed by atoms with Crippen LogP contribution in [-0.4, -0.2) is 55.0 Å². The molecule has 2 amide bonds. The molecular weight excluding hydrogens is 666 g/mol. The third-order valence-electron chi connectivity index (χ3n) is 8.42. The van der Waals surface area contributed by atoms with Crippen molar-refractivity contribution in [3.05, 3.63) is 96.1 Å². The Morgan fingerprint density at radius 2 is 1.24 bits per heavy atom. The number of fused-ring (bicyclic) bond motifs is 2. The van der Waals surface area contributed by atoms with E-state index in [1.54, 1.807) is 12.1 Å². The fourth-order valence-corrected chi connectivity index (χ4v) is 6.32. The molecule has 2 aromatic carbocycles. The van der Waals surface area contributed by atoms with Crippen molar-refractivity contribution in [2.24, 2.45) is 23.7 Å². The number of likely N-dealkylation sites (tertiary alicyclic amines) is 1. The van der Waals surface area contributed by atoms with E-state index in [9.17, 15) is 35.9 Å². The van der Waals surface area contributed by atoms with E-state index in [-0.39, 0.29) is 17.9 Å². The molecule has 244 valence electrons. The van der Waals surface area contributed by atoms with Gasteiger partial charge in [0, 0.05) is 50.1 Å². The molecule has 6 rings (SSSR count). The zero-order valence-electron chi connectivity index (χ0n) is 24.3. The summed E-state index contributed by atoms with van der Waals surface area (Å²) >= 11 is 3.09. The lowest BCUT2D eigenvalue weighted by Gasteiger charge is -2.20. The van der Waals surface area contributed by atoms with E-state index >= 15 is 0 Å². The Hall–Kier alpha value is -3.16. The second-order valence-corrected chi connectivity index (χ2v) is 12.1. The Morgan fingerprint density at radius 1 is 0.800 bits per heavy atom. The number of nitrogens with zero attached hydrogens (tertiary/aromatic N) is 1. The van der Waals surface area contributed by atoms with Crippen molar-refractivity contribution < 1.29 is 35.9 Å². The van der Waals surface area contributed by atoms with Crippen molar-refractivity contribution in [2.45, 2.75) is 36.3 Å². The molecule has 2 saturated heterocycles. The molecule has 4 fully saturated rings. The molecule has 4 aliphatic rings. The van der Waals surface area contributed by atoms with Crippen LogP contribution in [0.3, 0.4) is 0 Å². The summed E-state index contributed by atoms with van der Waals surface area (Å²) < 4.78 is 74.4. The predicted molar refractivity (Wildman–Crippen MR) is 162 cm³/mol. The van der Waals surface area contributed by atoms with Gasteiger partial charge in [0.15, 0.2) is 0 Å². The van der Waals surface area contributed by atoms with Crippen LogP contribution >= 0.6 is 15.9 Å². The van der Waals surface area contributed by atoms with Gasteiger partial charge < -0.3 is 16.0 Å². The van der Waals surface area contributed by atoms with E-state index in [1.165, 1.54) is 30.4 Å². The Morgan fingerprint density at radius 3 is 1.69 bits per heavy atom. The van der Waals surface area contributed by atoms with Crippen molar-refractivity contribution in [3.63, 3.8) is 0 Å². The molecule has 6 atom stereocenters. The number of carbonyl (C=O) groups excluding carboxylic acids is 2. The maximum Gasteiger partial charge on any atom is 0.416 e. The van der Waals surface area contributed by atoms with E-state index in [0.29, 0.717) is 52.7 Å². The fraction of sp³-hybridized carbons (Fsp3) is 0.438. The highest BCUT2D eigenvalue weighted by molar-refractivity contribution is 9.08. The van der Waals surface area contributed by atoms with Gasteiger partial charge in [-0.2, -0.15) is 26.3 Å². The average molecular weight is 702 g/mol. The van der Waals surface area contributed by atoms with Crippen LogP contribution < -0.4 is 16.0 Å². The minimum Gasteiger partial charge on any atom is -0.349 e. The molecule has 0 bridgehead atoms. The number of alkyl halides is 7. The molecule has 2 heterocycles. The van der Waals surface area contributed by atoms with E-state index < -0.39 is 23.5 Å². The molecule has 13 heteroatoms. The van der Waals surface area contributed by atoms with Crippen LogP contribution in [-0.2, 0) is 33.8 Å². The molecule has 2 aliphatic carbocycles. The summed E-state index contributed by atoms with van der Waals surface area (Å²) in [6.45, 7) is 11.1. The summed E-state index contributed by atoms with van der Waals surface area (Å²) in [4.78, 5) is 24.2. The van der Waals surface area contributed by atoms with E-state index in [1.807, 2.05) is 0 Å².